The molecule has 0 fully saturated rings. The summed E-state index contributed by atoms with van der Waals surface area (Å²) in [5.41, 5.74) is 1.91. The highest BCUT2D eigenvalue weighted by molar-refractivity contribution is 5.42. The number of aromatic nitrogens is 2. The Morgan fingerprint density at radius 1 is 1.39 bits per heavy atom. The van der Waals surface area contributed by atoms with E-state index in [9.17, 15) is 4.39 Å². The number of aryl methyl sites for hydroxylation is 1. The topological polar surface area (TPSA) is 29.9 Å². The first-order chi connectivity index (χ1) is 8.58. The summed E-state index contributed by atoms with van der Waals surface area (Å²) in [5, 5.41) is 3.31. The average molecular weight is 247 g/mol. The van der Waals surface area contributed by atoms with Gasteiger partial charge in [-0.05, 0) is 30.7 Å². The fourth-order valence-corrected chi connectivity index (χ4v) is 1.88. The Balaban J connectivity index is 2.37. The number of nitrogens with one attached hydrogen (secondary N) is 1. The summed E-state index contributed by atoms with van der Waals surface area (Å²) in [5.74, 6) is 0.685. The second-order valence-corrected chi connectivity index (χ2v) is 4.65. The molecule has 0 spiro atoms. The van der Waals surface area contributed by atoms with Crippen LogP contribution in [0, 0.1) is 12.7 Å². The molecule has 0 bridgehead atoms. The van der Waals surface area contributed by atoms with Crippen molar-refractivity contribution in [3.8, 4) is 5.69 Å². The van der Waals surface area contributed by atoms with Crippen LogP contribution in [-0.2, 0) is 6.54 Å². The van der Waals surface area contributed by atoms with E-state index in [1.807, 2.05) is 17.7 Å². The number of nitrogens with zero attached hydrogens (tertiary/aromatic N) is 2. The standard InChI is InChI=1S/C14H18FN3/c1-10(2)17-9-12-8-13(15)4-5-14(12)18-7-6-16-11(18)3/h4-8,10,17H,9H2,1-3H3. The van der Waals surface area contributed by atoms with Crippen molar-refractivity contribution in [2.24, 2.45) is 0 Å². The van der Waals surface area contributed by atoms with Crippen LogP contribution >= 0.6 is 0 Å². The number of rotatable bonds is 4. The lowest BCUT2D eigenvalue weighted by Gasteiger charge is -2.14. The van der Waals surface area contributed by atoms with E-state index < -0.39 is 0 Å². The van der Waals surface area contributed by atoms with Crippen LogP contribution < -0.4 is 5.32 Å². The zero-order valence-corrected chi connectivity index (χ0v) is 10.9. The number of benzene rings is 1. The van der Waals surface area contributed by atoms with Crippen LogP contribution in [0.25, 0.3) is 5.69 Å². The summed E-state index contributed by atoms with van der Waals surface area (Å²) in [6, 6.07) is 5.21. The van der Waals surface area contributed by atoms with Crippen molar-refractivity contribution in [1.29, 1.82) is 0 Å². The molecule has 0 aliphatic heterocycles. The van der Waals surface area contributed by atoms with E-state index in [-0.39, 0.29) is 5.82 Å². The van der Waals surface area contributed by atoms with Gasteiger partial charge in [-0.1, -0.05) is 13.8 Å². The lowest BCUT2D eigenvalue weighted by molar-refractivity contribution is 0.579. The van der Waals surface area contributed by atoms with E-state index in [4.69, 9.17) is 0 Å². The highest BCUT2D eigenvalue weighted by Gasteiger charge is 2.08. The van der Waals surface area contributed by atoms with Gasteiger partial charge in [0.05, 0.1) is 5.69 Å². The number of hydrogen-bond acceptors (Lipinski definition) is 2. The van der Waals surface area contributed by atoms with Crippen LogP contribution in [0.2, 0.25) is 0 Å². The highest BCUT2D eigenvalue weighted by atomic mass is 19.1. The van der Waals surface area contributed by atoms with Gasteiger partial charge in [-0.2, -0.15) is 0 Å². The fraction of sp³-hybridized carbons (Fsp3) is 0.357. The first-order valence-electron chi connectivity index (χ1n) is 6.10. The molecule has 0 aliphatic carbocycles. The summed E-state index contributed by atoms with van der Waals surface area (Å²) in [6.45, 7) is 6.72. The van der Waals surface area contributed by atoms with Gasteiger partial charge in [0.2, 0.25) is 0 Å². The lowest BCUT2D eigenvalue weighted by Crippen LogP contribution is -2.22. The Kier molecular flexibility index (Phi) is 3.77. The van der Waals surface area contributed by atoms with Gasteiger partial charge in [0.1, 0.15) is 11.6 Å². The Morgan fingerprint density at radius 2 is 2.17 bits per heavy atom. The Bertz CT molecular complexity index is 532. The second-order valence-electron chi connectivity index (χ2n) is 4.65. The maximum atomic E-state index is 13.4. The van der Waals surface area contributed by atoms with E-state index in [2.05, 4.69) is 24.1 Å². The van der Waals surface area contributed by atoms with Gasteiger partial charge in [-0.15, -0.1) is 0 Å². The van der Waals surface area contributed by atoms with Gasteiger partial charge in [-0.3, -0.25) is 0 Å². The molecule has 4 heteroatoms. The second kappa shape index (κ2) is 5.31. The zero-order chi connectivity index (χ0) is 13.1. The maximum absolute atomic E-state index is 13.4. The van der Waals surface area contributed by atoms with Gasteiger partial charge in [-0.25, -0.2) is 9.37 Å². The average Bonchev–Trinajstić information content (AvgIpc) is 2.73. The van der Waals surface area contributed by atoms with Gasteiger partial charge in [0.15, 0.2) is 0 Å². The molecule has 0 saturated carbocycles. The molecule has 1 heterocycles. The Labute approximate surface area is 107 Å². The van der Waals surface area contributed by atoms with Gasteiger partial charge < -0.3 is 9.88 Å². The first-order valence-corrected chi connectivity index (χ1v) is 6.10. The van der Waals surface area contributed by atoms with E-state index in [1.165, 1.54) is 6.07 Å². The molecule has 0 radical (unpaired) electrons. The Hall–Kier alpha value is -1.68. The molecular weight excluding hydrogens is 229 g/mol. The number of halogens is 1. The normalized spacial score (nSPS) is 11.2. The van der Waals surface area contributed by atoms with Crippen molar-refractivity contribution in [1.82, 2.24) is 14.9 Å². The highest BCUT2D eigenvalue weighted by Crippen LogP contribution is 2.17. The van der Waals surface area contributed by atoms with Crippen LogP contribution in [-0.4, -0.2) is 15.6 Å². The van der Waals surface area contributed by atoms with Crippen LogP contribution in [0.3, 0.4) is 0 Å². The molecule has 0 saturated heterocycles. The third-order valence-electron chi connectivity index (χ3n) is 2.83. The van der Waals surface area contributed by atoms with Crippen LogP contribution in [0.4, 0.5) is 4.39 Å². The SMILES string of the molecule is Cc1nccn1-c1ccc(F)cc1CNC(C)C. The van der Waals surface area contributed by atoms with Gasteiger partial charge >= 0.3 is 0 Å². The monoisotopic (exact) mass is 247 g/mol. The molecule has 0 aliphatic rings. The van der Waals surface area contributed by atoms with Crippen LogP contribution in [0.15, 0.2) is 30.6 Å². The van der Waals surface area contributed by atoms with Crippen LogP contribution in [0.1, 0.15) is 25.2 Å². The molecule has 0 amide bonds. The third-order valence-corrected chi connectivity index (χ3v) is 2.83. The maximum Gasteiger partial charge on any atom is 0.123 e. The van der Waals surface area contributed by atoms with E-state index in [1.54, 1.807) is 18.3 Å². The minimum absolute atomic E-state index is 0.211. The number of hydrogen-bond donors (Lipinski definition) is 1. The molecular formula is C14H18FN3. The molecule has 0 atom stereocenters. The van der Waals surface area contributed by atoms with E-state index in [0.29, 0.717) is 12.6 Å². The van der Waals surface area contributed by atoms with E-state index in [0.717, 1.165) is 17.1 Å². The van der Waals surface area contributed by atoms with Gasteiger partial charge in [0, 0.05) is 25.0 Å². The predicted molar refractivity (Wildman–Crippen MR) is 70.2 cm³/mol. The molecule has 96 valence electrons. The minimum Gasteiger partial charge on any atom is -0.310 e. The van der Waals surface area contributed by atoms with Gasteiger partial charge in [0.25, 0.3) is 0 Å². The Morgan fingerprint density at radius 3 is 2.78 bits per heavy atom. The lowest BCUT2D eigenvalue weighted by atomic mass is 10.1. The predicted octanol–water partition coefficient (Wildman–Crippen LogP) is 2.82. The molecule has 3 nitrogen and oxygen atoms in total. The molecule has 1 aromatic carbocycles. The summed E-state index contributed by atoms with van der Waals surface area (Å²) in [6.07, 6.45) is 3.64. The molecule has 2 aromatic rings. The molecule has 0 unspecified atom stereocenters. The van der Waals surface area contributed by atoms with Crippen molar-refractivity contribution in [2.75, 3.05) is 0 Å². The van der Waals surface area contributed by atoms with E-state index >= 15 is 0 Å². The summed E-state index contributed by atoms with van der Waals surface area (Å²) >= 11 is 0. The van der Waals surface area contributed by atoms with Crippen molar-refractivity contribution in [3.05, 3.63) is 47.8 Å². The number of imidazole rings is 1. The summed E-state index contributed by atoms with van der Waals surface area (Å²) in [4.78, 5) is 4.20. The minimum atomic E-state index is -0.211. The third kappa shape index (κ3) is 2.76. The smallest absolute Gasteiger partial charge is 0.123 e. The molecule has 2 rings (SSSR count). The largest absolute Gasteiger partial charge is 0.310 e. The molecule has 18 heavy (non-hydrogen) atoms. The zero-order valence-electron chi connectivity index (χ0n) is 10.9. The first kappa shape index (κ1) is 12.8. The van der Waals surface area contributed by atoms with Crippen molar-refractivity contribution >= 4 is 0 Å². The summed E-state index contributed by atoms with van der Waals surface area (Å²) in [7, 11) is 0. The molecule has 1 aromatic heterocycles. The van der Waals surface area contributed by atoms with Crippen molar-refractivity contribution in [2.45, 2.75) is 33.4 Å². The van der Waals surface area contributed by atoms with Crippen molar-refractivity contribution in [3.63, 3.8) is 0 Å². The van der Waals surface area contributed by atoms with Crippen LogP contribution in [0.5, 0.6) is 0 Å². The quantitative estimate of drug-likeness (QED) is 0.900. The molecule has 1 N–H and O–H groups in total. The fourth-order valence-electron chi connectivity index (χ4n) is 1.88. The van der Waals surface area contributed by atoms with Crippen molar-refractivity contribution < 1.29 is 4.39 Å². The summed E-state index contributed by atoms with van der Waals surface area (Å²) < 4.78 is 15.3.